The molecule has 0 bridgehead atoms. The summed E-state index contributed by atoms with van der Waals surface area (Å²) in [5, 5.41) is 22.2. The zero-order chi connectivity index (χ0) is 19.2. The maximum absolute atomic E-state index is 11.5. The maximum Gasteiger partial charge on any atom is 0.291 e. The minimum atomic E-state index is -1.40. The minimum absolute atomic E-state index is 0.168. The molecule has 3 rings (SSSR count). The SMILES string of the molecule is CCCCCCO[C@@H]1O[C@@H]2COC(c3ccccc3)O[C@H]2[C@H](O)[C@H]1[N+](=O)[O-]. The molecule has 1 aromatic carbocycles. The van der Waals surface area contributed by atoms with Crippen molar-refractivity contribution in [2.75, 3.05) is 13.2 Å². The van der Waals surface area contributed by atoms with Crippen molar-refractivity contribution in [1.82, 2.24) is 0 Å². The van der Waals surface area contributed by atoms with Crippen molar-refractivity contribution in [3.8, 4) is 0 Å². The van der Waals surface area contributed by atoms with Crippen LogP contribution in [0.2, 0.25) is 0 Å². The van der Waals surface area contributed by atoms with E-state index in [-0.39, 0.29) is 6.61 Å². The Labute approximate surface area is 158 Å². The van der Waals surface area contributed by atoms with Gasteiger partial charge in [-0.15, -0.1) is 0 Å². The molecular weight excluding hydrogens is 354 g/mol. The van der Waals surface area contributed by atoms with Crippen LogP contribution in [0.25, 0.3) is 0 Å². The van der Waals surface area contributed by atoms with Crippen LogP contribution in [-0.4, -0.2) is 53.9 Å². The Morgan fingerprint density at radius 1 is 1.22 bits per heavy atom. The number of fused-ring (bicyclic) bond motifs is 1. The van der Waals surface area contributed by atoms with Crippen molar-refractivity contribution in [1.29, 1.82) is 0 Å². The smallest absolute Gasteiger partial charge is 0.291 e. The molecule has 0 aliphatic carbocycles. The van der Waals surface area contributed by atoms with E-state index < -0.39 is 41.9 Å². The van der Waals surface area contributed by atoms with Gasteiger partial charge in [0, 0.05) is 10.5 Å². The average molecular weight is 381 g/mol. The van der Waals surface area contributed by atoms with Crippen LogP contribution >= 0.6 is 0 Å². The molecule has 2 aliphatic heterocycles. The fourth-order valence-corrected chi connectivity index (χ4v) is 3.45. The van der Waals surface area contributed by atoms with Gasteiger partial charge in [0.1, 0.15) is 12.2 Å². The van der Waals surface area contributed by atoms with E-state index in [0.29, 0.717) is 6.61 Å². The van der Waals surface area contributed by atoms with Gasteiger partial charge in [-0.1, -0.05) is 56.5 Å². The molecule has 6 atom stereocenters. The van der Waals surface area contributed by atoms with Crippen molar-refractivity contribution >= 4 is 0 Å². The number of aliphatic hydroxyl groups is 1. The molecule has 0 saturated carbocycles. The molecule has 1 aromatic rings. The summed E-state index contributed by atoms with van der Waals surface area (Å²) in [5.41, 5.74) is 0.787. The van der Waals surface area contributed by atoms with E-state index in [1.165, 1.54) is 0 Å². The Kier molecular flexibility index (Phi) is 7.14. The van der Waals surface area contributed by atoms with Gasteiger partial charge in [0.05, 0.1) is 13.2 Å². The summed E-state index contributed by atoms with van der Waals surface area (Å²) in [6.07, 6.45) is -0.633. The van der Waals surface area contributed by atoms with Gasteiger partial charge in [0.2, 0.25) is 6.29 Å². The van der Waals surface area contributed by atoms with E-state index >= 15 is 0 Å². The van der Waals surface area contributed by atoms with Gasteiger partial charge < -0.3 is 24.1 Å². The molecule has 2 aliphatic rings. The highest BCUT2D eigenvalue weighted by molar-refractivity contribution is 5.16. The average Bonchev–Trinajstić information content (AvgIpc) is 2.68. The quantitative estimate of drug-likeness (QED) is 0.419. The number of rotatable bonds is 8. The van der Waals surface area contributed by atoms with E-state index in [0.717, 1.165) is 31.2 Å². The third-order valence-electron chi connectivity index (χ3n) is 4.93. The zero-order valence-electron chi connectivity index (χ0n) is 15.4. The second-order valence-electron chi connectivity index (χ2n) is 6.92. The minimum Gasteiger partial charge on any atom is -0.383 e. The lowest BCUT2D eigenvalue weighted by Crippen LogP contribution is -2.64. The third-order valence-corrected chi connectivity index (χ3v) is 4.93. The first-order chi connectivity index (χ1) is 13.1. The Bertz CT molecular complexity index is 599. The third kappa shape index (κ3) is 4.83. The molecule has 2 saturated heterocycles. The Hall–Kier alpha value is -1.58. The van der Waals surface area contributed by atoms with Gasteiger partial charge in [-0.25, -0.2) is 0 Å². The summed E-state index contributed by atoms with van der Waals surface area (Å²) in [6.45, 7) is 2.63. The Balaban J connectivity index is 1.64. The second-order valence-corrected chi connectivity index (χ2v) is 6.92. The van der Waals surface area contributed by atoms with Crippen LogP contribution in [0.4, 0.5) is 0 Å². The molecule has 1 N–H and O–H groups in total. The second kappa shape index (κ2) is 9.57. The molecule has 8 nitrogen and oxygen atoms in total. The number of unbranched alkanes of at least 4 members (excludes halogenated alkanes) is 3. The molecule has 1 unspecified atom stereocenters. The summed E-state index contributed by atoms with van der Waals surface area (Å²) in [5.74, 6) is 0. The first-order valence-electron chi connectivity index (χ1n) is 9.52. The van der Waals surface area contributed by atoms with Crippen molar-refractivity contribution in [2.24, 2.45) is 0 Å². The van der Waals surface area contributed by atoms with Crippen LogP contribution in [0.1, 0.15) is 44.5 Å². The van der Waals surface area contributed by atoms with Gasteiger partial charge in [0.15, 0.2) is 12.4 Å². The van der Waals surface area contributed by atoms with E-state index in [1.807, 2.05) is 30.3 Å². The Morgan fingerprint density at radius 2 is 2.00 bits per heavy atom. The molecular formula is C19H27NO7. The molecule has 0 radical (unpaired) electrons. The van der Waals surface area contributed by atoms with Gasteiger partial charge in [-0.3, -0.25) is 10.1 Å². The van der Waals surface area contributed by atoms with Crippen LogP contribution in [-0.2, 0) is 18.9 Å². The molecule has 0 amide bonds. The first-order valence-corrected chi connectivity index (χ1v) is 9.52. The normalized spacial score (nSPS) is 33.4. The molecule has 0 aromatic heterocycles. The molecule has 2 fully saturated rings. The number of benzene rings is 1. The maximum atomic E-state index is 11.5. The largest absolute Gasteiger partial charge is 0.383 e. The van der Waals surface area contributed by atoms with Crippen LogP contribution in [0.15, 0.2) is 30.3 Å². The number of hydrogen-bond donors (Lipinski definition) is 1. The molecule has 8 heteroatoms. The monoisotopic (exact) mass is 381 g/mol. The molecule has 0 spiro atoms. The molecule has 150 valence electrons. The Morgan fingerprint density at radius 3 is 2.70 bits per heavy atom. The van der Waals surface area contributed by atoms with E-state index in [1.54, 1.807) is 0 Å². The topological polar surface area (TPSA) is 100 Å². The fraction of sp³-hybridized carbons (Fsp3) is 0.684. The highest BCUT2D eigenvalue weighted by atomic mass is 16.8. The van der Waals surface area contributed by atoms with Gasteiger partial charge >= 0.3 is 0 Å². The summed E-state index contributed by atoms with van der Waals surface area (Å²) >= 11 is 0. The van der Waals surface area contributed by atoms with Crippen LogP contribution in [0.5, 0.6) is 0 Å². The van der Waals surface area contributed by atoms with E-state index in [9.17, 15) is 15.2 Å². The van der Waals surface area contributed by atoms with Gasteiger partial charge in [-0.2, -0.15) is 0 Å². The van der Waals surface area contributed by atoms with Crippen molar-refractivity contribution in [3.05, 3.63) is 46.0 Å². The van der Waals surface area contributed by atoms with Crippen molar-refractivity contribution in [3.63, 3.8) is 0 Å². The summed E-state index contributed by atoms with van der Waals surface area (Å²) in [4.78, 5) is 11.0. The van der Waals surface area contributed by atoms with Crippen molar-refractivity contribution < 1.29 is 29.0 Å². The zero-order valence-corrected chi connectivity index (χ0v) is 15.4. The molecule has 2 heterocycles. The van der Waals surface area contributed by atoms with Gasteiger partial charge in [-0.05, 0) is 6.42 Å². The van der Waals surface area contributed by atoms with E-state index in [4.69, 9.17) is 18.9 Å². The van der Waals surface area contributed by atoms with Crippen LogP contribution in [0.3, 0.4) is 0 Å². The highest BCUT2D eigenvalue weighted by Gasteiger charge is 2.55. The predicted octanol–water partition coefficient (Wildman–Crippen LogP) is 2.43. The number of hydrogen-bond acceptors (Lipinski definition) is 7. The molecule has 27 heavy (non-hydrogen) atoms. The van der Waals surface area contributed by atoms with Crippen LogP contribution < -0.4 is 0 Å². The summed E-state index contributed by atoms with van der Waals surface area (Å²) < 4.78 is 22.9. The standard InChI is InChI=1S/C19H27NO7/c1-2-3-4-8-11-24-19-15(20(22)23)16(21)17-14(26-19)12-25-18(27-17)13-9-6-5-7-10-13/h5-7,9-10,14-19,21H,2-4,8,11-12H2,1H3/t14-,15-,16-,17-,18?,19-/m1/s1. The van der Waals surface area contributed by atoms with Gasteiger partial charge in [0.25, 0.3) is 6.04 Å². The lowest BCUT2D eigenvalue weighted by atomic mass is 9.96. The number of nitrogens with zero attached hydrogens (tertiary/aromatic N) is 1. The lowest BCUT2D eigenvalue weighted by molar-refractivity contribution is -0.578. The summed E-state index contributed by atoms with van der Waals surface area (Å²) in [6, 6.07) is 7.86. The number of aliphatic hydroxyl groups excluding tert-OH is 1. The van der Waals surface area contributed by atoms with Crippen molar-refractivity contribution in [2.45, 2.75) is 69.5 Å². The summed E-state index contributed by atoms with van der Waals surface area (Å²) in [7, 11) is 0. The van der Waals surface area contributed by atoms with E-state index in [2.05, 4.69) is 6.92 Å². The first kappa shape index (κ1) is 20.2. The fourth-order valence-electron chi connectivity index (χ4n) is 3.45. The number of ether oxygens (including phenoxy) is 4. The van der Waals surface area contributed by atoms with Crippen LogP contribution in [0, 0.1) is 10.1 Å². The number of nitro groups is 1. The predicted molar refractivity (Wildman–Crippen MR) is 95.6 cm³/mol. The highest BCUT2D eigenvalue weighted by Crippen LogP contribution is 2.35. The lowest BCUT2D eigenvalue weighted by Gasteiger charge is -2.44.